The molecule has 0 saturated heterocycles. The topological polar surface area (TPSA) is 46.5 Å². The molecule has 2 saturated carbocycles. The van der Waals surface area contributed by atoms with Crippen LogP contribution >= 0.6 is 0 Å². The maximum Gasteiger partial charge on any atom is 0.156 e. The quantitative estimate of drug-likeness (QED) is 0.541. The molecule has 3 nitrogen and oxygen atoms in total. The normalized spacial score (nSPS) is 32.6. The number of aliphatic hydroxyl groups excluding tert-OH is 1. The molecule has 0 bridgehead atoms. The van der Waals surface area contributed by atoms with Gasteiger partial charge in [-0.1, -0.05) is 36.8 Å². The summed E-state index contributed by atoms with van der Waals surface area (Å²) >= 11 is 0. The van der Waals surface area contributed by atoms with Crippen molar-refractivity contribution in [3.05, 3.63) is 82.5 Å². The summed E-state index contributed by atoms with van der Waals surface area (Å²) in [6.45, 7) is 4.40. The second-order valence-corrected chi connectivity index (χ2v) is 11.2. The monoisotopic (exact) mass is 454 g/mol. The summed E-state index contributed by atoms with van der Waals surface area (Å²) in [7, 11) is 0. The van der Waals surface area contributed by atoms with Crippen molar-refractivity contribution in [2.24, 2.45) is 17.3 Å². The average Bonchev–Trinajstić information content (AvgIpc) is 3.13. The number of aryl methyl sites for hydroxylation is 1. The molecule has 2 aromatic rings. The zero-order valence-electron chi connectivity index (χ0n) is 20.2. The molecule has 34 heavy (non-hydrogen) atoms. The van der Waals surface area contributed by atoms with E-state index in [0.29, 0.717) is 24.2 Å². The minimum atomic E-state index is -0.222. The van der Waals surface area contributed by atoms with E-state index in [-0.39, 0.29) is 17.3 Å². The van der Waals surface area contributed by atoms with Crippen molar-refractivity contribution >= 4 is 5.78 Å². The van der Waals surface area contributed by atoms with Crippen LogP contribution in [0.25, 0.3) is 0 Å². The molecule has 176 valence electrons. The highest BCUT2D eigenvalue weighted by atomic mass is 16.5. The molecule has 2 fully saturated rings. The van der Waals surface area contributed by atoms with Gasteiger partial charge in [-0.2, -0.15) is 0 Å². The average molecular weight is 455 g/mol. The van der Waals surface area contributed by atoms with Crippen LogP contribution in [0.1, 0.15) is 68.9 Å². The Morgan fingerprint density at radius 2 is 1.79 bits per heavy atom. The van der Waals surface area contributed by atoms with Crippen LogP contribution in [0, 0.1) is 24.2 Å². The zero-order valence-corrected chi connectivity index (χ0v) is 20.2. The van der Waals surface area contributed by atoms with Gasteiger partial charge in [0.25, 0.3) is 0 Å². The largest absolute Gasteiger partial charge is 0.457 e. The summed E-state index contributed by atoms with van der Waals surface area (Å²) in [6.07, 6.45) is 8.35. The maximum absolute atomic E-state index is 12.2. The van der Waals surface area contributed by atoms with Gasteiger partial charge in [-0.25, -0.2) is 0 Å². The lowest BCUT2D eigenvalue weighted by Gasteiger charge is -2.52. The van der Waals surface area contributed by atoms with Crippen molar-refractivity contribution in [3.8, 4) is 11.5 Å². The number of ether oxygens (including phenoxy) is 1. The number of ketones is 1. The van der Waals surface area contributed by atoms with Crippen LogP contribution in [-0.2, 0) is 4.79 Å². The van der Waals surface area contributed by atoms with Gasteiger partial charge >= 0.3 is 0 Å². The first-order valence-electron chi connectivity index (χ1n) is 12.9. The summed E-state index contributed by atoms with van der Waals surface area (Å²) in [5.74, 6) is 3.34. The summed E-state index contributed by atoms with van der Waals surface area (Å²) in [5, 5.41) is 11.0. The summed E-state index contributed by atoms with van der Waals surface area (Å²) < 4.78 is 6.11. The molecule has 0 aromatic heterocycles. The van der Waals surface area contributed by atoms with Crippen LogP contribution in [0.15, 0.2) is 71.3 Å². The van der Waals surface area contributed by atoms with E-state index in [2.05, 4.69) is 50.2 Å². The van der Waals surface area contributed by atoms with Gasteiger partial charge in [0, 0.05) is 12.3 Å². The number of rotatable bonds is 3. The van der Waals surface area contributed by atoms with Crippen LogP contribution < -0.4 is 4.74 Å². The maximum atomic E-state index is 12.2. The third-order valence-electron chi connectivity index (χ3n) is 9.19. The highest BCUT2D eigenvalue weighted by Crippen LogP contribution is 2.63. The molecule has 2 aromatic carbocycles. The molecule has 0 amide bonds. The minimum absolute atomic E-state index is 0.0398. The zero-order chi connectivity index (χ0) is 23.4. The van der Waals surface area contributed by atoms with E-state index in [9.17, 15) is 9.90 Å². The molecular weight excluding hydrogens is 420 g/mol. The van der Waals surface area contributed by atoms with E-state index in [1.54, 1.807) is 5.57 Å². The van der Waals surface area contributed by atoms with Gasteiger partial charge in [0.2, 0.25) is 0 Å². The third kappa shape index (κ3) is 3.56. The van der Waals surface area contributed by atoms with Crippen LogP contribution in [0.5, 0.6) is 11.5 Å². The fourth-order valence-corrected chi connectivity index (χ4v) is 7.51. The Labute approximate surface area is 202 Å². The van der Waals surface area contributed by atoms with E-state index in [0.717, 1.165) is 50.0 Å². The van der Waals surface area contributed by atoms with E-state index >= 15 is 0 Å². The smallest absolute Gasteiger partial charge is 0.156 e. The van der Waals surface area contributed by atoms with Crippen LogP contribution in [0.3, 0.4) is 0 Å². The van der Waals surface area contributed by atoms with Gasteiger partial charge in [0.1, 0.15) is 11.5 Å². The molecule has 0 aliphatic heterocycles. The highest BCUT2D eigenvalue weighted by molar-refractivity contribution is 5.93. The molecule has 3 heteroatoms. The van der Waals surface area contributed by atoms with Crippen LogP contribution in [-0.4, -0.2) is 17.0 Å². The second-order valence-electron chi connectivity index (χ2n) is 11.2. The lowest BCUT2D eigenvalue weighted by Crippen LogP contribution is -2.45. The Morgan fingerprint density at radius 1 is 0.971 bits per heavy atom. The number of aliphatic hydroxyl groups is 1. The SMILES string of the molecule is Cc1cccc(Oc2ccc(C3CC4(C)C(O)CCC4C4CCC5=CC(=O)CCC5=C34)cc2)c1. The number of hydrogen-bond acceptors (Lipinski definition) is 3. The van der Waals surface area contributed by atoms with E-state index in [1.807, 2.05) is 18.2 Å². The molecule has 0 heterocycles. The van der Waals surface area contributed by atoms with Crippen molar-refractivity contribution in [3.63, 3.8) is 0 Å². The van der Waals surface area contributed by atoms with E-state index in [1.165, 1.54) is 22.3 Å². The molecule has 0 radical (unpaired) electrons. The minimum Gasteiger partial charge on any atom is -0.457 e. The van der Waals surface area contributed by atoms with Gasteiger partial charge in [-0.3, -0.25) is 4.79 Å². The first-order valence-corrected chi connectivity index (χ1v) is 12.9. The predicted octanol–water partition coefficient (Wildman–Crippen LogP) is 7.05. The standard InChI is InChI=1S/C31H34O3/c1-19-4-3-5-24(16-19)34-23-10-6-20(7-11-23)27-18-31(2)28(14-15-29(31)33)26-12-8-21-17-22(32)9-13-25(21)30(26)27/h3-7,10-11,16-17,26-29,33H,8-9,12-15,18H2,1-2H3. The molecular formula is C31H34O3. The van der Waals surface area contributed by atoms with Crippen LogP contribution in [0.2, 0.25) is 0 Å². The Morgan fingerprint density at radius 3 is 2.59 bits per heavy atom. The Kier molecular flexibility index (Phi) is 5.29. The predicted molar refractivity (Wildman–Crippen MR) is 134 cm³/mol. The van der Waals surface area contributed by atoms with E-state index in [4.69, 9.17) is 4.74 Å². The molecule has 4 aliphatic rings. The van der Waals surface area contributed by atoms with Gasteiger partial charge in [0.05, 0.1) is 6.10 Å². The highest BCUT2D eigenvalue weighted by Gasteiger charge is 2.56. The van der Waals surface area contributed by atoms with Gasteiger partial charge in [-0.15, -0.1) is 0 Å². The van der Waals surface area contributed by atoms with Crippen molar-refractivity contribution in [1.82, 2.24) is 0 Å². The molecule has 4 aliphatic carbocycles. The second kappa shape index (κ2) is 8.23. The summed E-state index contributed by atoms with van der Waals surface area (Å²) in [4.78, 5) is 12.2. The Hall–Kier alpha value is -2.65. The van der Waals surface area contributed by atoms with Gasteiger partial charge in [-0.05, 0) is 115 Å². The molecule has 5 unspecified atom stereocenters. The number of hydrogen-bond donors (Lipinski definition) is 1. The molecule has 0 spiro atoms. The first kappa shape index (κ1) is 21.9. The fraction of sp³-hybridized carbons (Fsp3) is 0.452. The van der Waals surface area contributed by atoms with Crippen molar-refractivity contribution < 1.29 is 14.6 Å². The number of carbonyl (C=O) groups excluding carboxylic acids is 1. The lowest BCUT2D eigenvalue weighted by molar-refractivity contribution is -0.114. The first-order chi connectivity index (χ1) is 16.4. The fourth-order valence-electron chi connectivity index (χ4n) is 7.51. The van der Waals surface area contributed by atoms with Crippen molar-refractivity contribution in [2.75, 3.05) is 0 Å². The number of fused-ring (bicyclic) bond motifs is 4. The molecule has 6 rings (SSSR count). The van der Waals surface area contributed by atoms with Crippen LogP contribution in [0.4, 0.5) is 0 Å². The summed E-state index contributed by atoms with van der Waals surface area (Å²) in [5.41, 5.74) is 6.77. The van der Waals surface area contributed by atoms with Crippen molar-refractivity contribution in [1.29, 1.82) is 0 Å². The van der Waals surface area contributed by atoms with Gasteiger partial charge < -0.3 is 9.84 Å². The Bertz CT molecular complexity index is 1190. The van der Waals surface area contributed by atoms with Gasteiger partial charge in [0.15, 0.2) is 5.78 Å². The number of benzene rings is 2. The molecule has 1 N–H and O–H groups in total. The Balaban J connectivity index is 1.38. The lowest BCUT2D eigenvalue weighted by atomic mass is 9.53. The third-order valence-corrected chi connectivity index (χ3v) is 9.19. The number of carbonyl (C=O) groups is 1. The molecule has 5 atom stereocenters. The van der Waals surface area contributed by atoms with Crippen molar-refractivity contribution in [2.45, 2.75) is 70.8 Å². The van der Waals surface area contributed by atoms with E-state index < -0.39 is 0 Å². The number of allylic oxidation sites excluding steroid dienone is 4. The summed E-state index contributed by atoms with van der Waals surface area (Å²) in [6, 6.07) is 16.7.